The molecule has 11 nitrogen and oxygen atoms in total. The van der Waals surface area contributed by atoms with Crippen LogP contribution in [0.25, 0.3) is 11.4 Å². The van der Waals surface area contributed by atoms with Crippen LogP contribution in [0.15, 0.2) is 34.5 Å². The minimum atomic E-state index is -1.11. The van der Waals surface area contributed by atoms with Gasteiger partial charge in [-0.1, -0.05) is 0 Å². The number of methoxy groups -OCH3 is 1. The largest absolute Gasteiger partial charge is 0.480 e. The second-order valence-corrected chi connectivity index (χ2v) is 11.7. The molecule has 0 aliphatic heterocycles. The van der Waals surface area contributed by atoms with Gasteiger partial charge in [0.1, 0.15) is 17.6 Å². The zero-order valence-corrected chi connectivity index (χ0v) is 24.2. The fourth-order valence-corrected chi connectivity index (χ4v) is 5.11. The molecule has 12 heteroatoms. The Hall–Kier alpha value is -3.80. The molecule has 0 bridgehead atoms. The zero-order chi connectivity index (χ0) is 28.4. The molecule has 5 rings (SSSR count). The van der Waals surface area contributed by atoms with Crippen molar-refractivity contribution >= 4 is 34.4 Å². The molecule has 2 atom stereocenters. The van der Waals surface area contributed by atoms with Crippen LogP contribution in [0.3, 0.4) is 0 Å². The number of aromatic nitrogens is 5. The highest BCUT2D eigenvalue weighted by Gasteiger charge is 2.34. The van der Waals surface area contributed by atoms with Crippen LogP contribution in [0, 0.1) is 12.8 Å². The van der Waals surface area contributed by atoms with Gasteiger partial charge in [0.05, 0.1) is 46.4 Å². The third-order valence-corrected chi connectivity index (χ3v) is 8.35. The second kappa shape index (κ2) is 11.7. The summed E-state index contributed by atoms with van der Waals surface area (Å²) in [7, 11) is 2.49. The number of nitrogens with one attached hydrogen (secondary N) is 1. The molecule has 0 radical (unpaired) electrons. The highest BCUT2D eigenvalue weighted by molar-refractivity contribution is 7.84. The molecule has 3 aromatic heterocycles. The van der Waals surface area contributed by atoms with Crippen molar-refractivity contribution in [1.29, 1.82) is 0 Å². The molecule has 3 heterocycles. The highest BCUT2D eigenvalue weighted by Crippen LogP contribution is 2.46. The van der Waals surface area contributed by atoms with Gasteiger partial charge in [0.25, 0.3) is 0 Å². The molecule has 40 heavy (non-hydrogen) atoms. The van der Waals surface area contributed by atoms with Crippen molar-refractivity contribution in [3.05, 3.63) is 41.7 Å². The Morgan fingerprint density at radius 2 is 2.00 bits per heavy atom. The number of amidine groups is 1. The van der Waals surface area contributed by atoms with E-state index in [1.54, 1.807) is 31.7 Å². The molecule has 0 spiro atoms. The lowest BCUT2D eigenvalue weighted by molar-refractivity contribution is -0.102. The number of aldehydes is 1. The third kappa shape index (κ3) is 6.01. The van der Waals surface area contributed by atoms with E-state index in [2.05, 4.69) is 37.1 Å². The van der Waals surface area contributed by atoms with E-state index in [1.807, 2.05) is 14.0 Å². The normalized spacial score (nSPS) is 16.8. The van der Waals surface area contributed by atoms with E-state index in [9.17, 15) is 9.00 Å². The predicted octanol–water partition coefficient (Wildman–Crippen LogP) is 3.70. The molecule has 0 aromatic carbocycles. The van der Waals surface area contributed by atoms with Gasteiger partial charge >= 0.3 is 0 Å². The number of hydrogen-bond acceptors (Lipinski definition) is 10. The van der Waals surface area contributed by atoms with Crippen LogP contribution < -0.4 is 15.0 Å². The first-order valence-corrected chi connectivity index (χ1v) is 14.9. The van der Waals surface area contributed by atoms with Crippen LogP contribution in [0.2, 0.25) is 0 Å². The van der Waals surface area contributed by atoms with Crippen molar-refractivity contribution in [1.82, 2.24) is 24.9 Å². The number of hydrogen-bond donors (Lipinski definition) is 1. The average Bonchev–Trinajstić information content (AvgIpc) is 3.88. The molecule has 0 amide bonds. The number of aliphatic imine (C=N–C) groups is 1. The quantitative estimate of drug-likeness (QED) is 0.209. The van der Waals surface area contributed by atoms with E-state index >= 15 is 0 Å². The molecule has 2 aliphatic rings. The molecule has 1 N–H and O–H groups in total. The van der Waals surface area contributed by atoms with Gasteiger partial charge in [-0.2, -0.15) is 0 Å². The van der Waals surface area contributed by atoms with Gasteiger partial charge in [-0.05, 0) is 57.6 Å². The van der Waals surface area contributed by atoms with Crippen molar-refractivity contribution in [2.75, 3.05) is 30.6 Å². The van der Waals surface area contributed by atoms with Gasteiger partial charge in [0.2, 0.25) is 5.88 Å². The summed E-state index contributed by atoms with van der Waals surface area (Å²) in [5, 5.41) is 3.19. The highest BCUT2D eigenvalue weighted by atomic mass is 32.2. The van der Waals surface area contributed by atoms with Gasteiger partial charge in [0, 0.05) is 31.5 Å². The molecular weight excluding hydrogens is 528 g/mol. The van der Waals surface area contributed by atoms with Crippen LogP contribution in [-0.2, 0) is 22.1 Å². The molecule has 2 fully saturated rings. The third-order valence-electron chi connectivity index (χ3n) is 7.45. The number of carbonyl (C=O) groups excluding carboxylic acids is 1. The SMILES string of the molecule is COc1ncnc(C2CC2)c1-c1nc(C)c(NC(C=O)=NCc2ccc(S(C)=O)cn2)c(N(C)C(C)C2CC2)n1. The monoisotopic (exact) mass is 562 g/mol. The van der Waals surface area contributed by atoms with Crippen molar-refractivity contribution in [2.45, 2.75) is 62.9 Å². The molecule has 2 unspecified atom stereocenters. The summed E-state index contributed by atoms with van der Waals surface area (Å²) in [6.45, 7) is 4.25. The van der Waals surface area contributed by atoms with Crippen LogP contribution >= 0.6 is 0 Å². The van der Waals surface area contributed by atoms with Gasteiger partial charge in [0.15, 0.2) is 23.8 Å². The minimum absolute atomic E-state index is 0.136. The van der Waals surface area contributed by atoms with Gasteiger partial charge < -0.3 is 15.0 Å². The summed E-state index contributed by atoms with van der Waals surface area (Å²) in [4.78, 5) is 42.4. The van der Waals surface area contributed by atoms with E-state index < -0.39 is 10.8 Å². The van der Waals surface area contributed by atoms with E-state index in [0.29, 0.717) is 63.2 Å². The predicted molar refractivity (Wildman–Crippen MR) is 154 cm³/mol. The number of pyridine rings is 1. The van der Waals surface area contributed by atoms with E-state index in [4.69, 9.17) is 14.7 Å². The summed E-state index contributed by atoms with van der Waals surface area (Å²) in [6, 6.07) is 3.75. The van der Waals surface area contributed by atoms with Crippen molar-refractivity contribution in [3.63, 3.8) is 0 Å². The fraction of sp³-hybridized carbons (Fsp3) is 0.464. The maximum Gasteiger partial charge on any atom is 0.227 e. The number of rotatable bonds is 11. The Labute approximate surface area is 236 Å². The number of nitrogens with zero attached hydrogens (tertiary/aromatic N) is 7. The maximum atomic E-state index is 12.1. The second-order valence-electron chi connectivity index (χ2n) is 10.3. The Morgan fingerprint density at radius 1 is 1.23 bits per heavy atom. The molecule has 210 valence electrons. The summed E-state index contributed by atoms with van der Waals surface area (Å²) in [5.41, 5.74) is 3.53. The van der Waals surface area contributed by atoms with Crippen LogP contribution in [-0.4, -0.2) is 67.7 Å². The molecule has 3 aromatic rings. The number of carbonyl (C=O) groups is 1. The van der Waals surface area contributed by atoms with Gasteiger partial charge in [-0.25, -0.2) is 19.9 Å². The van der Waals surface area contributed by atoms with Crippen LogP contribution in [0.4, 0.5) is 11.5 Å². The number of aryl methyl sites for hydroxylation is 1. The van der Waals surface area contributed by atoms with E-state index in [1.165, 1.54) is 19.2 Å². The standard InChI is InChI=1S/C28H34N8O3S/c1-16-24(34-22(14-37)30-12-20-10-11-21(13-29-20)40(5)38)27(36(3)17(2)18-6-7-18)35-26(33-16)23-25(19-8-9-19)31-15-32-28(23)39-4/h10-11,13-15,17-19H,6-9,12H2,1-5H3,(H,30,34). The lowest BCUT2D eigenvalue weighted by atomic mass is 10.1. The fourth-order valence-electron chi connectivity index (χ4n) is 4.65. The smallest absolute Gasteiger partial charge is 0.227 e. The number of ether oxygens (including phenoxy) is 1. The van der Waals surface area contributed by atoms with Crippen LogP contribution in [0.5, 0.6) is 5.88 Å². The van der Waals surface area contributed by atoms with Gasteiger partial charge in [-0.15, -0.1) is 0 Å². The van der Waals surface area contributed by atoms with Crippen molar-refractivity contribution < 1.29 is 13.7 Å². The Bertz CT molecular complexity index is 1450. The molecule has 2 aliphatic carbocycles. The van der Waals surface area contributed by atoms with Crippen molar-refractivity contribution in [2.24, 2.45) is 10.9 Å². The topological polar surface area (TPSA) is 135 Å². The lowest BCUT2D eigenvalue weighted by Crippen LogP contribution is -2.33. The van der Waals surface area contributed by atoms with Gasteiger partial charge in [-0.3, -0.25) is 19.0 Å². The average molecular weight is 563 g/mol. The lowest BCUT2D eigenvalue weighted by Gasteiger charge is -2.29. The minimum Gasteiger partial charge on any atom is -0.480 e. The van der Waals surface area contributed by atoms with Crippen LogP contribution in [0.1, 0.15) is 55.6 Å². The van der Waals surface area contributed by atoms with E-state index in [-0.39, 0.29) is 18.4 Å². The van der Waals surface area contributed by atoms with E-state index in [0.717, 1.165) is 18.5 Å². The first kappa shape index (κ1) is 27.8. The summed E-state index contributed by atoms with van der Waals surface area (Å²) < 4.78 is 17.3. The Morgan fingerprint density at radius 3 is 2.60 bits per heavy atom. The first-order chi connectivity index (χ1) is 19.3. The summed E-state index contributed by atoms with van der Waals surface area (Å²) in [5.74, 6) is 2.66. The maximum absolute atomic E-state index is 12.1. The first-order valence-electron chi connectivity index (χ1n) is 13.4. The molecular formula is C28H34N8O3S. The number of anilines is 2. The zero-order valence-electron chi connectivity index (χ0n) is 23.4. The Balaban J connectivity index is 1.52. The summed E-state index contributed by atoms with van der Waals surface area (Å²) >= 11 is 0. The summed E-state index contributed by atoms with van der Waals surface area (Å²) in [6.07, 6.45) is 9.84. The van der Waals surface area contributed by atoms with Crippen molar-refractivity contribution in [3.8, 4) is 17.3 Å². The molecule has 0 saturated heterocycles. The molecule has 2 saturated carbocycles. The Kier molecular flexibility index (Phi) is 8.15.